The van der Waals surface area contributed by atoms with E-state index >= 15 is 0 Å². The Bertz CT molecular complexity index is 715. The summed E-state index contributed by atoms with van der Waals surface area (Å²) in [5.74, 6) is 0.992. The maximum Gasteiger partial charge on any atom is 0.317 e. The van der Waals surface area contributed by atoms with Crippen LogP contribution in [0.4, 0.5) is 4.79 Å². The monoisotopic (exact) mass is 403 g/mol. The molecule has 1 aromatic rings. The number of carbonyl (C=O) groups excluding carboxylic acids is 2. The van der Waals surface area contributed by atoms with E-state index in [0.29, 0.717) is 32.6 Å². The van der Waals surface area contributed by atoms with Crippen molar-refractivity contribution in [3.05, 3.63) is 17.0 Å². The number of hydrogen-bond acceptors (Lipinski definition) is 3. The molecule has 29 heavy (non-hydrogen) atoms. The first-order valence-electron chi connectivity index (χ1n) is 11.2. The first kappa shape index (κ1) is 21.7. The molecule has 1 aromatic heterocycles. The average Bonchev–Trinajstić information content (AvgIpc) is 2.98. The molecule has 2 fully saturated rings. The van der Waals surface area contributed by atoms with Crippen LogP contribution in [0.3, 0.4) is 0 Å². The predicted molar refractivity (Wildman–Crippen MR) is 114 cm³/mol. The number of rotatable bonds is 5. The normalized spacial score (nSPS) is 19.3. The van der Waals surface area contributed by atoms with Crippen LogP contribution in [-0.4, -0.2) is 57.7 Å². The molecule has 7 heteroatoms. The largest absolute Gasteiger partial charge is 0.339 e. The molecule has 0 aromatic carbocycles. The van der Waals surface area contributed by atoms with Gasteiger partial charge in [0.05, 0.1) is 11.7 Å². The summed E-state index contributed by atoms with van der Waals surface area (Å²) in [5.41, 5.74) is 3.10. The van der Waals surface area contributed by atoms with Gasteiger partial charge in [-0.3, -0.25) is 9.48 Å². The number of piperazine rings is 1. The molecule has 1 aliphatic carbocycles. The smallest absolute Gasteiger partial charge is 0.317 e. The summed E-state index contributed by atoms with van der Waals surface area (Å²) in [5, 5.41) is 7.54. The summed E-state index contributed by atoms with van der Waals surface area (Å²) in [6.07, 6.45) is 8.26. The lowest BCUT2D eigenvalue weighted by molar-refractivity contribution is -0.133. The number of carbonyl (C=O) groups is 2. The highest BCUT2D eigenvalue weighted by atomic mass is 16.2. The molecule has 3 amide bonds. The number of hydrogen-bond donors (Lipinski definition) is 1. The fraction of sp³-hybridized carbons (Fsp3) is 0.773. The summed E-state index contributed by atoms with van der Waals surface area (Å²) < 4.78 is 1.85. The minimum atomic E-state index is -0.0913. The maximum atomic E-state index is 12.7. The third-order valence-corrected chi connectivity index (χ3v) is 6.75. The number of urea groups is 1. The van der Waals surface area contributed by atoms with E-state index in [9.17, 15) is 9.59 Å². The van der Waals surface area contributed by atoms with Crippen LogP contribution in [-0.2, 0) is 11.8 Å². The zero-order valence-corrected chi connectivity index (χ0v) is 18.5. The van der Waals surface area contributed by atoms with Crippen LogP contribution in [0.25, 0.3) is 0 Å². The molecular weight excluding hydrogens is 366 g/mol. The van der Waals surface area contributed by atoms with E-state index in [2.05, 4.69) is 10.4 Å². The highest BCUT2D eigenvalue weighted by Gasteiger charge is 2.26. The van der Waals surface area contributed by atoms with Crippen molar-refractivity contribution >= 4 is 11.9 Å². The molecular formula is C22H37N5O2. The Hall–Kier alpha value is -2.05. The molecule has 3 rings (SSSR count). The highest BCUT2D eigenvalue weighted by Crippen LogP contribution is 2.27. The van der Waals surface area contributed by atoms with Gasteiger partial charge in [-0.25, -0.2) is 4.79 Å². The second-order valence-corrected chi connectivity index (χ2v) is 8.79. The van der Waals surface area contributed by atoms with Gasteiger partial charge in [-0.2, -0.15) is 5.10 Å². The Morgan fingerprint density at radius 1 is 1.07 bits per heavy atom. The average molecular weight is 404 g/mol. The van der Waals surface area contributed by atoms with E-state index in [0.717, 1.165) is 29.3 Å². The first-order valence-corrected chi connectivity index (χ1v) is 11.2. The van der Waals surface area contributed by atoms with Gasteiger partial charge in [-0.05, 0) is 33.1 Å². The second-order valence-electron chi connectivity index (χ2n) is 8.79. The van der Waals surface area contributed by atoms with Crippen molar-refractivity contribution in [1.29, 1.82) is 0 Å². The summed E-state index contributed by atoms with van der Waals surface area (Å²) in [4.78, 5) is 29.0. The van der Waals surface area contributed by atoms with E-state index in [1.165, 1.54) is 32.1 Å². The molecule has 0 spiro atoms. The van der Waals surface area contributed by atoms with Gasteiger partial charge in [-0.1, -0.05) is 32.1 Å². The van der Waals surface area contributed by atoms with Crippen LogP contribution < -0.4 is 5.32 Å². The van der Waals surface area contributed by atoms with Crippen LogP contribution in [0.1, 0.15) is 74.9 Å². The maximum absolute atomic E-state index is 12.7. The third-order valence-electron chi connectivity index (χ3n) is 6.75. The quantitative estimate of drug-likeness (QED) is 0.820. The van der Waals surface area contributed by atoms with Crippen molar-refractivity contribution in [3.63, 3.8) is 0 Å². The number of nitrogens with one attached hydrogen (secondary N) is 1. The highest BCUT2D eigenvalue weighted by molar-refractivity contribution is 5.78. The van der Waals surface area contributed by atoms with E-state index < -0.39 is 0 Å². The first-order chi connectivity index (χ1) is 13.9. The van der Waals surface area contributed by atoms with Crippen molar-refractivity contribution in [2.24, 2.45) is 13.0 Å². The standard InChI is InChI=1S/C22H37N5O2/c1-16(21-17(2)24-25(4)18(21)3)23-22(29)27-14-12-26(13-15-27)20(28)11-10-19-8-6-5-7-9-19/h16,19H,5-15H2,1-4H3,(H,23,29)/t16-/m1/s1. The summed E-state index contributed by atoms with van der Waals surface area (Å²) in [6.45, 7) is 8.46. The lowest BCUT2D eigenvalue weighted by Crippen LogP contribution is -2.53. The van der Waals surface area contributed by atoms with Gasteiger partial charge in [0.1, 0.15) is 0 Å². The van der Waals surface area contributed by atoms with Crippen molar-refractivity contribution in [2.75, 3.05) is 26.2 Å². The topological polar surface area (TPSA) is 70.5 Å². The lowest BCUT2D eigenvalue weighted by atomic mass is 9.86. The fourth-order valence-corrected chi connectivity index (χ4v) is 4.89. The SMILES string of the molecule is Cc1nn(C)c(C)c1[C@@H](C)NC(=O)N1CCN(C(=O)CCC2CCCCC2)CC1. The summed E-state index contributed by atoms with van der Waals surface area (Å²) >= 11 is 0. The van der Waals surface area contributed by atoms with Gasteiger partial charge in [0, 0.05) is 50.9 Å². The second kappa shape index (κ2) is 9.63. The van der Waals surface area contributed by atoms with Crippen LogP contribution >= 0.6 is 0 Å². The Kier molecular flexibility index (Phi) is 7.19. The number of aromatic nitrogens is 2. The van der Waals surface area contributed by atoms with Gasteiger partial charge in [0.2, 0.25) is 5.91 Å². The van der Waals surface area contributed by atoms with Crippen LogP contribution in [0.5, 0.6) is 0 Å². The molecule has 1 atom stereocenters. The Morgan fingerprint density at radius 3 is 2.28 bits per heavy atom. The van der Waals surface area contributed by atoms with Gasteiger partial charge in [0.25, 0.3) is 0 Å². The fourth-order valence-electron chi connectivity index (χ4n) is 4.89. The molecule has 0 bridgehead atoms. The number of aryl methyl sites for hydroxylation is 2. The molecule has 1 aliphatic heterocycles. The minimum Gasteiger partial charge on any atom is -0.339 e. The summed E-state index contributed by atoms with van der Waals surface area (Å²) in [7, 11) is 1.92. The third kappa shape index (κ3) is 5.31. The number of amides is 3. The molecule has 0 unspecified atom stereocenters. The van der Waals surface area contributed by atoms with Crippen molar-refractivity contribution in [1.82, 2.24) is 24.9 Å². The Balaban J connectivity index is 1.43. The minimum absolute atomic E-state index is 0.0607. The molecule has 1 saturated carbocycles. The van der Waals surface area contributed by atoms with Crippen molar-refractivity contribution in [2.45, 2.75) is 71.8 Å². The van der Waals surface area contributed by atoms with Gasteiger partial charge >= 0.3 is 6.03 Å². The Labute approximate surface area is 174 Å². The van der Waals surface area contributed by atoms with Gasteiger partial charge < -0.3 is 15.1 Å². The van der Waals surface area contributed by atoms with Crippen LogP contribution in [0.2, 0.25) is 0 Å². The van der Waals surface area contributed by atoms with Crippen molar-refractivity contribution < 1.29 is 9.59 Å². The van der Waals surface area contributed by atoms with E-state index in [1.54, 1.807) is 0 Å². The van der Waals surface area contributed by atoms with Crippen molar-refractivity contribution in [3.8, 4) is 0 Å². The zero-order valence-electron chi connectivity index (χ0n) is 18.5. The number of nitrogens with zero attached hydrogens (tertiary/aromatic N) is 4. The molecule has 162 valence electrons. The molecule has 1 N–H and O–H groups in total. The predicted octanol–water partition coefficient (Wildman–Crippen LogP) is 3.31. The molecule has 2 heterocycles. The molecule has 1 saturated heterocycles. The van der Waals surface area contributed by atoms with Crippen LogP contribution in [0, 0.1) is 19.8 Å². The van der Waals surface area contributed by atoms with E-state index in [-0.39, 0.29) is 18.0 Å². The van der Waals surface area contributed by atoms with Gasteiger partial charge in [0.15, 0.2) is 0 Å². The van der Waals surface area contributed by atoms with Gasteiger partial charge in [-0.15, -0.1) is 0 Å². The zero-order chi connectivity index (χ0) is 21.0. The molecule has 2 aliphatic rings. The van der Waals surface area contributed by atoms with Crippen LogP contribution in [0.15, 0.2) is 0 Å². The lowest BCUT2D eigenvalue weighted by Gasteiger charge is -2.35. The molecule has 7 nitrogen and oxygen atoms in total. The van der Waals surface area contributed by atoms with E-state index in [4.69, 9.17) is 0 Å². The molecule has 0 radical (unpaired) electrons. The summed E-state index contributed by atoms with van der Waals surface area (Å²) in [6, 6.07) is -0.152. The Morgan fingerprint density at radius 2 is 1.69 bits per heavy atom. The van der Waals surface area contributed by atoms with E-state index in [1.807, 2.05) is 42.3 Å².